The van der Waals surface area contributed by atoms with Crippen molar-refractivity contribution in [1.82, 2.24) is 0 Å². The lowest BCUT2D eigenvalue weighted by molar-refractivity contribution is -0.157. The van der Waals surface area contributed by atoms with Gasteiger partial charge in [0.1, 0.15) is 6.61 Å². The molecule has 28 heavy (non-hydrogen) atoms. The van der Waals surface area contributed by atoms with Crippen LogP contribution in [0.15, 0.2) is 30.3 Å². The Morgan fingerprint density at radius 1 is 0.857 bits per heavy atom. The average molecular weight is 374 g/mol. The molecule has 7 unspecified atom stereocenters. The maximum absolute atomic E-state index is 12.9. The van der Waals surface area contributed by atoms with E-state index in [1.54, 1.807) is 0 Å². The van der Waals surface area contributed by atoms with E-state index in [2.05, 4.69) is 0 Å². The van der Waals surface area contributed by atoms with E-state index in [4.69, 9.17) is 20.4 Å². The maximum atomic E-state index is 12.9. The Labute approximate surface area is 173 Å². The smallest absolute Gasteiger partial charge is 0.309 e. The molecule has 3 fully saturated rings. The van der Waals surface area contributed by atoms with Crippen LogP contribution in [0.4, 0.5) is 0 Å². The molecule has 0 spiro atoms. The summed E-state index contributed by atoms with van der Waals surface area (Å²) in [6, 6.07) is 9.95. The van der Waals surface area contributed by atoms with Crippen LogP contribution in [0.1, 0.15) is 50.5 Å². The minimum Gasteiger partial charge on any atom is -0.461 e. The topological polar surface area (TPSA) is 26.3 Å². The highest BCUT2D eigenvalue weighted by molar-refractivity contribution is 6.09. The summed E-state index contributed by atoms with van der Waals surface area (Å²) >= 11 is 0. The molecule has 3 aliphatic carbocycles. The molecule has 0 bridgehead atoms. The summed E-state index contributed by atoms with van der Waals surface area (Å²) in [6.07, 6.45) is 10.0. The Hall–Kier alpha value is -1.18. The van der Waals surface area contributed by atoms with Gasteiger partial charge in [-0.25, -0.2) is 0 Å². The maximum Gasteiger partial charge on any atom is 0.309 e. The van der Waals surface area contributed by atoms with E-state index >= 15 is 0 Å². The Bertz CT molecular complexity index is 649. The zero-order chi connectivity index (χ0) is 19.5. The molecule has 1 aromatic rings. The van der Waals surface area contributed by atoms with E-state index in [1.165, 1.54) is 32.1 Å². The van der Waals surface area contributed by atoms with E-state index in [0.29, 0.717) is 24.8 Å². The van der Waals surface area contributed by atoms with Gasteiger partial charge in [0.25, 0.3) is 0 Å². The lowest BCUT2D eigenvalue weighted by Crippen LogP contribution is -2.48. The third kappa shape index (κ3) is 3.94. The van der Waals surface area contributed by atoms with Gasteiger partial charge in [0.15, 0.2) is 0 Å². The number of hydrogen-bond acceptors (Lipinski definition) is 2. The molecule has 0 heterocycles. The molecule has 4 radical (unpaired) electrons. The van der Waals surface area contributed by atoms with Crippen LogP contribution in [0, 0.1) is 41.4 Å². The molecular formula is C24H32B2O2. The summed E-state index contributed by atoms with van der Waals surface area (Å²) in [5.74, 6) is 3.86. The predicted octanol–water partition coefficient (Wildman–Crippen LogP) is 4.99. The largest absolute Gasteiger partial charge is 0.461 e. The van der Waals surface area contributed by atoms with Crippen LogP contribution < -0.4 is 0 Å². The molecule has 3 aliphatic rings. The van der Waals surface area contributed by atoms with Crippen molar-refractivity contribution in [3.05, 3.63) is 35.9 Å². The quantitative estimate of drug-likeness (QED) is 0.536. The fraction of sp³-hybridized carbons (Fsp3) is 0.708. The summed E-state index contributed by atoms with van der Waals surface area (Å²) in [5.41, 5.74) is 1.05. The molecule has 0 aliphatic heterocycles. The summed E-state index contributed by atoms with van der Waals surface area (Å²) in [7, 11) is 12.3. The number of ether oxygens (including phenoxy) is 1. The molecule has 2 nitrogen and oxygen atoms in total. The third-order valence-electron chi connectivity index (χ3n) is 8.18. The first kappa shape index (κ1) is 20.1. The molecule has 0 aromatic heterocycles. The second-order valence-electron chi connectivity index (χ2n) is 9.34. The van der Waals surface area contributed by atoms with Gasteiger partial charge in [0.05, 0.1) is 21.6 Å². The van der Waals surface area contributed by atoms with Gasteiger partial charge in [-0.1, -0.05) is 55.8 Å². The van der Waals surface area contributed by atoms with Gasteiger partial charge >= 0.3 is 5.97 Å². The van der Waals surface area contributed by atoms with Crippen LogP contribution in [0.2, 0.25) is 12.6 Å². The van der Waals surface area contributed by atoms with Crippen LogP contribution in [-0.4, -0.2) is 21.7 Å². The van der Waals surface area contributed by atoms with Gasteiger partial charge in [0, 0.05) is 0 Å². The predicted molar refractivity (Wildman–Crippen MR) is 114 cm³/mol. The summed E-state index contributed by atoms with van der Waals surface area (Å²) < 4.78 is 5.71. The molecule has 146 valence electrons. The number of benzene rings is 1. The Balaban J connectivity index is 1.42. The van der Waals surface area contributed by atoms with Gasteiger partial charge in [-0.15, -0.1) is 0 Å². The van der Waals surface area contributed by atoms with Crippen molar-refractivity contribution in [1.29, 1.82) is 0 Å². The number of carbonyl (C=O) groups excluding carboxylic acids is 1. The molecule has 0 saturated heterocycles. The molecule has 3 saturated carbocycles. The summed E-state index contributed by atoms with van der Waals surface area (Å²) in [4.78, 5) is 12.9. The molecule has 4 rings (SSSR count). The molecule has 1 aromatic carbocycles. The van der Waals surface area contributed by atoms with Crippen LogP contribution in [0.25, 0.3) is 0 Å². The van der Waals surface area contributed by atoms with E-state index in [1.807, 2.05) is 30.3 Å². The van der Waals surface area contributed by atoms with Crippen LogP contribution in [0.3, 0.4) is 0 Å². The molecule has 0 N–H and O–H groups in total. The van der Waals surface area contributed by atoms with E-state index in [0.717, 1.165) is 42.5 Å². The minimum absolute atomic E-state index is 0.0274. The number of rotatable bonds is 5. The highest BCUT2D eigenvalue weighted by Crippen LogP contribution is 2.56. The Kier molecular flexibility index (Phi) is 6.53. The normalized spacial score (nSPS) is 37.5. The van der Waals surface area contributed by atoms with Gasteiger partial charge in [-0.3, -0.25) is 4.79 Å². The van der Waals surface area contributed by atoms with Crippen molar-refractivity contribution < 1.29 is 9.53 Å². The molecular weight excluding hydrogens is 342 g/mol. The number of esters is 1. The molecule has 4 heteroatoms. The second-order valence-corrected chi connectivity index (χ2v) is 9.34. The van der Waals surface area contributed by atoms with Crippen molar-refractivity contribution in [2.45, 2.75) is 64.2 Å². The fourth-order valence-corrected chi connectivity index (χ4v) is 6.90. The molecule has 0 amide bonds. The zero-order valence-electron chi connectivity index (χ0n) is 17.0. The van der Waals surface area contributed by atoms with Crippen molar-refractivity contribution in [3.8, 4) is 0 Å². The lowest BCUT2D eigenvalue weighted by atomic mass is 9.50. The number of hydrogen-bond donors (Lipinski definition) is 0. The fourth-order valence-electron chi connectivity index (χ4n) is 6.90. The van der Waals surface area contributed by atoms with E-state index < -0.39 is 0 Å². The monoisotopic (exact) mass is 374 g/mol. The van der Waals surface area contributed by atoms with E-state index in [9.17, 15) is 4.79 Å². The standard InChI is InChI=1S/C24H32B2O2/c25-13-17-7-4-8-19-18(17)9-10-21-20(19)11-12-22(23(21)14-26)24(27)28-15-16-5-2-1-3-6-16/h1-3,5-6,17-23H,4,7-15H2. The van der Waals surface area contributed by atoms with Crippen LogP contribution in [0.5, 0.6) is 0 Å². The van der Waals surface area contributed by atoms with E-state index in [-0.39, 0.29) is 17.8 Å². The summed E-state index contributed by atoms with van der Waals surface area (Å²) in [6.45, 7) is 0.366. The Morgan fingerprint density at radius 3 is 2.32 bits per heavy atom. The number of carbonyl (C=O) groups is 1. The van der Waals surface area contributed by atoms with Crippen LogP contribution >= 0.6 is 0 Å². The van der Waals surface area contributed by atoms with Crippen molar-refractivity contribution in [2.75, 3.05) is 0 Å². The highest BCUT2D eigenvalue weighted by atomic mass is 16.5. The van der Waals surface area contributed by atoms with Gasteiger partial charge in [-0.2, -0.15) is 0 Å². The first-order chi connectivity index (χ1) is 13.7. The van der Waals surface area contributed by atoms with Gasteiger partial charge < -0.3 is 4.74 Å². The zero-order valence-corrected chi connectivity index (χ0v) is 17.0. The highest BCUT2D eigenvalue weighted by Gasteiger charge is 2.50. The number of fused-ring (bicyclic) bond motifs is 3. The Morgan fingerprint density at radius 2 is 1.57 bits per heavy atom. The average Bonchev–Trinajstić information content (AvgIpc) is 2.76. The lowest BCUT2D eigenvalue weighted by Gasteiger charge is -2.54. The van der Waals surface area contributed by atoms with Crippen molar-refractivity contribution in [3.63, 3.8) is 0 Å². The third-order valence-corrected chi connectivity index (χ3v) is 8.18. The van der Waals surface area contributed by atoms with Gasteiger partial charge in [-0.05, 0) is 73.2 Å². The first-order valence-corrected chi connectivity index (χ1v) is 11.3. The summed E-state index contributed by atoms with van der Waals surface area (Å²) in [5, 5.41) is 0. The SMILES string of the molecule is [B]CC1CCCC2C1CCC1C(C[B])C(C(=O)OCc3ccccc3)CCC21. The second kappa shape index (κ2) is 9.09. The minimum atomic E-state index is -0.0386. The van der Waals surface area contributed by atoms with Crippen LogP contribution in [-0.2, 0) is 16.1 Å². The first-order valence-electron chi connectivity index (χ1n) is 11.3. The van der Waals surface area contributed by atoms with Crippen molar-refractivity contribution >= 4 is 21.7 Å². The van der Waals surface area contributed by atoms with Crippen molar-refractivity contribution in [2.24, 2.45) is 41.4 Å². The molecule has 7 atom stereocenters. The van der Waals surface area contributed by atoms with Gasteiger partial charge in [0.2, 0.25) is 0 Å².